The van der Waals surface area contributed by atoms with Crippen molar-refractivity contribution >= 4 is 0 Å². The molecule has 3 atom stereocenters. The van der Waals surface area contributed by atoms with Crippen molar-refractivity contribution in [2.45, 2.75) is 45.8 Å². The van der Waals surface area contributed by atoms with E-state index in [0.29, 0.717) is 12.6 Å². The number of oxazole rings is 1. The van der Waals surface area contributed by atoms with Crippen molar-refractivity contribution < 1.29 is 9.15 Å². The number of aromatic nitrogens is 1. The van der Waals surface area contributed by atoms with E-state index in [2.05, 4.69) is 24.1 Å². The van der Waals surface area contributed by atoms with Gasteiger partial charge in [0.2, 0.25) is 0 Å². The summed E-state index contributed by atoms with van der Waals surface area (Å²) in [6.45, 7) is 5.32. The van der Waals surface area contributed by atoms with Gasteiger partial charge in [0.25, 0.3) is 0 Å². The molecule has 17 heavy (non-hydrogen) atoms. The maximum atomic E-state index is 5.80. The molecule has 0 aliphatic heterocycles. The predicted octanol–water partition coefficient (Wildman–Crippen LogP) is 2.60. The van der Waals surface area contributed by atoms with Crippen molar-refractivity contribution in [2.75, 3.05) is 7.05 Å². The zero-order valence-electron chi connectivity index (χ0n) is 10.9. The molecule has 0 spiro atoms. The lowest BCUT2D eigenvalue weighted by Gasteiger charge is -2.31. The van der Waals surface area contributed by atoms with Crippen molar-refractivity contribution in [1.29, 1.82) is 0 Å². The molecule has 2 rings (SSSR count). The van der Waals surface area contributed by atoms with E-state index in [1.807, 2.05) is 7.05 Å². The van der Waals surface area contributed by atoms with Crippen LogP contribution in [-0.4, -0.2) is 18.1 Å². The van der Waals surface area contributed by atoms with E-state index < -0.39 is 0 Å². The van der Waals surface area contributed by atoms with E-state index in [-0.39, 0.29) is 6.10 Å². The van der Waals surface area contributed by atoms with Crippen LogP contribution < -0.4 is 10.1 Å². The van der Waals surface area contributed by atoms with Crippen LogP contribution in [0.15, 0.2) is 10.7 Å². The molecule has 1 aromatic heterocycles. The third-order valence-electron chi connectivity index (χ3n) is 3.71. The maximum Gasteiger partial charge on any atom is 0.394 e. The highest BCUT2D eigenvalue weighted by molar-refractivity contribution is 5.00. The van der Waals surface area contributed by atoms with Crippen molar-refractivity contribution in [3.05, 3.63) is 12.0 Å². The number of nitrogens with one attached hydrogen (secondary N) is 1. The molecular weight excluding hydrogens is 216 g/mol. The third kappa shape index (κ3) is 3.22. The first kappa shape index (κ1) is 12.4. The molecule has 96 valence electrons. The summed E-state index contributed by atoms with van der Waals surface area (Å²) in [4.78, 5) is 4.29. The van der Waals surface area contributed by atoms with Gasteiger partial charge in [-0.15, -0.1) is 0 Å². The minimum absolute atomic E-state index is 0.266. The third-order valence-corrected chi connectivity index (χ3v) is 3.71. The molecule has 1 fully saturated rings. The molecule has 1 saturated carbocycles. The summed E-state index contributed by atoms with van der Waals surface area (Å²) in [5, 5.41) is 3.04. The second-order valence-corrected chi connectivity index (χ2v) is 5.14. The average Bonchev–Trinajstić information content (AvgIpc) is 2.72. The van der Waals surface area contributed by atoms with E-state index in [1.54, 1.807) is 6.26 Å². The first-order valence-electron chi connectivity index (χ1n) is 6.44. The standard InChI is InChI=1S/C13H22N2O2/c1-9-4-5-12(6-10(9)2)17-13-15-11(7-14-3)8-16-13/h8-10,12,14H,4-7H2,1-3H3. The summed E-state index contributed by atoms with van der Waals surface area (Å²) < 4.78 is 11.1. The quantitative estimate of drug-likeness (QED) is 0.876. The maximum absolute atomic E-state index is 5.80. The Kier molecular flexibility index (Phi) is 4.05. The van der Waals surface area contributed by atoms with Crippen LogP contribution in [0.4, 0.5) is 0 Å². The Balaban J connectivity index is 1.87. The van der Waals surface area contributed by atoms with Gasteiger partial charge in [0, 0.05) is 6.54 Å². The van der Waals surface area contributed by atoms with Gasteiger partial charge in [0.15, 0.2) is 0 Å². The SMILES string of the molecule is CNCc1coc(OC2CCC(C)C(C)C2)n1. The number of ether oxygens (including phenoxy) is 1. The summed E-state index contributed by atoms with van der Waals surface area (Å²) in [6, 6.07) is 0. The van der Waals surface area contributed by atoms with Gasteiger partial charge in [0.1, 0.15) is 12.4 Å². The topological polar surface area (TPSA) is 47.3 Å². The summed E-state index contributed by atoms with van der Waals surface area (Å²) in [6.07, 6.45) is 5.78. The molecule has 1 aliphatic carbocycles. The molecule has 1 heterocycles. The van der Waals surface area contributed by atoms with Crippen LogP contribution in [0.25, 0.3) is 0 Å². The van der Waals surface area contributed by atoms with Crippen LogP contribution in [0.1, 0.15) is 38.8 Å². The minimum Gasteiger partial charge on any atom is -0.447 e. The summed E-state index contributed by atoms with van der Waals surface area (Å²) in [5.74, 6) is 1.53. The van der Waals surface area contributed by atoms with E-state index in [9.17, 15) is 0 Å². The van der Waals surface area contributed by atoms with Crippen LogP contribution >= 0.6 is 0 Å². The van der Waals surface area contributed by atoms with Gasteiger partial charge < -0.3 is 14.5 Å². The first-order chi connectivity index (χ1) is 8.19. The molecular formula is C13H22N2O2. The Morgan fingerprint density at radius 2 is 2.24 bits per heavy atom. The molecule has 4 heteroatoms. The van der Waals surface area contributed by atoms with E-state index in [0.717, 1.165) is 30.4 Å². The molecule has 0 aromatic carbocycles. The largest absolute Gasteiger partial charge is 0.447 e. The summed E-state index contributed by atoms with van der Waals surface area (Å²) in [7, 11) is 1.89. The number of hydrogen-bond donors (Lipinski definition) is 1. The van der Waals surface area contributed by atoms with Crippen LogP contribution in [0, 0.1) is 11.8 Å². The highest BCUT2D eigenvalue weighted by Gasteiger charge is 2.26. The second kappa shape index (κ2) is 5.54. The Bertz CT molecular complexity index is 351. The average molecular weight is 238 g/mol. The fraction of sp³-hybridized carbons (Fsp3) is 0.769. The lowest BCUT2D eigenvalue weighted by atomic mass is 9.80. The van der Waals surface area contributed by atoms with Crippen molar-refractivity contribution in [3.8, 4) is 6.08 Å². The smallest absolute Gasteiger partial charge is 0.394 e. The number of hydrogen-bond acceptors (Lipinski definition) is 4. The molecule has 1 N–H and O–H groups in total. The highest BCUT2D eigenvalue weighted by atomic mass is 16.6. The van der Waals surface area contributed by atoms with Gasteiger partial charge in [-0.25, -0.2) is 0 Å². The van der Waals surface area contributed by atoms with Gasteiger partial charge in [-0.2, -0.15) is 4.98 Å². The zero-order valence-corrected chi connectivity index (χ0v) is 10.9. The molecule has 0 radical (unpaired) electrons. The van der Waals surface area contributed by atoms with Gasteiger partial charge in [0.05, 0.1) is 5.69 Å². The minimum atomic E-state index is 0.266. The molecule has 1 aromatic rings. The van der Waals surface area contributed by atoms with Gasteiger partial charge in [-0.3, -0.25) is 0 Å². The molecule has 3 unspecified atom stereocenters. The van der Waals surface area contributed by atoms with Crippen molar-refractivity contribution in [1.82, 2.24) is 10.3 Å². The van der Waals surface area contributed by atoms with Gasteiger partial charge >= 0.3 is 6.08 Å². The molecule has 0 saturated heterocycles. The van der Waals surface area contributed by atoms with Crippen LogP contribution in [0.5, 0.6) is 6.08 Å². The Morgan fingerprint density at radius 3 is 2.94 bits per heavy atom. The number of rotatable bonds is 4. The predicted molar refractivity (Wildman–Crippen MR) is 65.9 cm³/mol. The van der Waals surface area contributed by atoms with Crippen LogP contribution in [-0.2, 0) is 6.54 Å². The molecule has 1 aliphatic rings. The van der Waals surface area contributed by atoms with Gasteiger partial charge in [-0.05, 0) is 38.1 Å². The van der Waals surface area contributed by atoms with E-state index >= 15 is 0 Å². The van der Waals surface area contributed by atoms with Crippen molar-refractivity contribution in [3.63, 3.8) is 0 Å². The van der Waals surface area contributed by atoms with E-state index in [1.165, 1.54) is 6.42 Å². The summed E-state index contributed by atoms with van der Waals surface area (Å²) >= 11 is 0. The van der Waals surface area contributed by atoms with Crippen molar-refractivity contribution in [2.24, 2.45) is 11.8 Å². The van der Waals surface area contributed by atoms with E-state index in [4.69, 9.17) is 9.15 Å². The fourth-order valence-corrected chi connectivity index (χ4v) is 2.35. The fourth-order valence-electron chi connectivity index (χ4n) is 2.35. The Morgan fingerprint density at radius 1 is 1.41 bits per heavy atom. The highest BCUT2D eigenvalue weighted by Crippen LogP contribution is 2.31. The number of nitrogens with zero attached hydrogens (tertiary/aromatic N) is 1. The Labute approximate surface area is 103 Å². The van der Waals surface area contributed by atoms with Crippen LogP contribution in [0.2, 0.25) is 0 Å². The molecule has 0 bridgehead atoms. The zero-order chi connectivity index (χ0) is 12.3. The lowest BCUT2D eigenvalue weighted by Crippen LogP contribution is -2.28. The second-order valence-electron chi connectivity index (χ2n) is 5.14. The molecule has 4 nitrogen and oxygen atoms in total. The lowest BCUT2D eigenvalue weighted by molar-refractivity contribution is 0.0729. The Hall–Kier alpha value is -1.03. The van der Waals surface area contributed by atoms with Gasteiger partial charge in [-0.1, -0.05) is 13.8 Å². The normalized spacial score (nSPS) is 29.2. The molecule has 0 amide bonds. The van der Waals surface area contributed by atoms with Crippen LogP contribution in [0.3, 0.4) is 0 Å². The first-order valence-corrected chi connectivity index (χ1v) is 6.44. The monoisotopic (exact) mass is 238 g/mol. The summed E-state index contributed by atoms with van der Waals surface area (Å²) in [5.41, 5.74) is 0.889.